The van der Waals surface area contributed by atoms with Crippen LogP contribution in [0.4, 0.5) is 0 Å². The fraction of sp³-hybridized carbons (Fsp3) is 0.200. The van der Waals surface area contributed by atoms with E-state index in [0.29, 0.717) is 16.4 Å². The van der Waals surface area contributed by atoms with Gasteiger partial charge >= 0.3 is 0 Å². The van der Waals surface area contributed by atoms with Crippen molar-refractivity contribution < 1.29 is 4.79 Å². The molecule has 0 aliphatic rings. The van der Waals surface area contributed by atoms with E-state index in [1.165, 1.54) is 0 Å². The standard InChI is InChI=1S/C10H9Cl2N3O/c11-4-9-14-10-6(12)2-1-3-7(10)15(9)5-8(13)16/h1-3H,4-5H2,(H2,13,16). The van der Waals surface area contributed by atoms with Crippen molar-refractivity contribution >= 4 is 40.1 Å². The minimum absolute atomic E-state index is 0.0545. The first-order valence-electron chi connectivity index (χ1n) is 4.61. The fourth-order valence-electron chi connectivity index (χ4n) is 1.60. The molecule has 0 radical (unpaired) electrons. The highest BCUT2D eigenvalue weighted by molar-refractivity contribution is 6.35. The van der Waals surface area contributed by atoms with Crippen molar-refractivity contribution in [2.75, 3.05) is 0 Å². The Morgan fingerprint density at radius 3 is 2.88 bits per heavy atom. The molecule has 0 atom stereocenters. The molecule has 4 nitrogen and oxygen atoms in total. The third-order valence-corrected chi connectivity index (χ3v) is 2.79. The fourth-order valence-corrected chi connectivity index (χ4v) is 2.01. The van der Waals surface area contributed by atoms with Crippen LogP contribution in [-0.2, 0) is 17.2 Å². The second-order valence-corrected chi connectivity index (χ2v) is 4.00. The van der Waals surface area contributed by atoms with Gasteiger partial charge in [0.15, 0.2) is 0 Å². The SMILES string of the molecule is NC(=O)Cn1c(CCl)nc2c(Cl)cccc21. The average Bonchev–Trinajstić information content (AvgIpc) is 2.58. The smallest absolute Gasteiger partial charge is 0.237 e. The third kappa shape index (κ3) is 1.86. The van der Waals surface area contributed by atoms with Crippen LogP contribution < -0.4 is 5.73 Å². The van der Waals surface area contributed by atoms with E-state index >= 15 is 0 Å². The number of hydrogen-bond donors (Lipinski definition) is 1. The number of benzene rings is 1. The summed E-state index contributed by atoms with van der Waals surface area (Å²) < 4.78 is 1.68. The van der Waals surface area contributed by atoms with E-state index in [1.807, 2.05) is 6.07 Å². The maximum Gasteiger partial charge on any atom is 0.237 e. The highest BCUT2D eigenvalue weighted by Crippen LogP contribution is 2.24. The van der Waals surface area contributed by atoms with Crippen molar-refractivity contribution in [2.45, 2.75) is 12.4 Å². The zero-order valence-corrected chi connectivity index (χ0v) is 9.79. The molecule has 0 spiro atoms. The molecule has 0 fully saturated rings. The van der Waals surface area contributed by atoms with Crippen molar-refractivity contribution in [1.29, 1.82) is 0 Å². The van der Waals surface area contributed by atoms with Crippen LogP contribution in [0.1, 0.15) is 5.82 Å². The van der Waals surface area contributed by atoms with Gasteiger partial charge in [-0.25, -0.2) is 4.98 Å². The van der Waals surface area contributed by atoms with E-state index < -0.39 is 5.91 Å². The first-order chi connectivity index (χ1) is 7.63. The first kappa shape index (κ1) is 11.2. The van der Waals surface area contributed by atoms with E-state index in [2.05, 4.69) is 4.98 Å². The normalized spacial score (nSPS) is 10.9. The van der Waals surface area contributed by atoms with Gasteiger partial charge < -0.3 is 10.3 Å². The maximum atomic E-state index is 11.0. The quantitative estimate of drug-likeness (QED) is 0.855. The van der Waals surface area contributed by atoms with Gasteiger partial charge in [0.1, 0.15) is 17.9 Å². The number of carbonyl (C=O) groups excluding carboxylic acids is 1. The second-order valence-electron chi connectivity index (χ2n) is 3.32. The average molecular weight is 258 g/mol. The Bertz CT molecular complexity index is 550. The van der Waals surface area contributed by atoms with Gasteiger partial charge in [-0.2, -0.15) is 0 Å². The summed E-state index contributed by atoms with van der Waals surface area (Å²) in [6.45, 7) is 0.0545. The molecule has 0 saturated carbocycles. The Morgan fingerprint density at radius 1 is 1.50 bits per heavy atom. The summed E-state index contributed by atoms with van der Waals surface area (Å²) in [4.78, 5) is 15.2. The summed E-state index contributed by atoms with van der Waals surface area (Å²) in [6, 6.07) is 5.36. The molecule has 84 valence electrons. The van der Waals surface area contributed by atoms with E-state index in [9.17, 15) is 4.79 Å². The van der Waals surface area contributed by atoms with Gasteiger partial charge in [-0.15, -0.1) is 11.6 Å². The molecule has 6 heteroatoms. The van der Waals surface area contributed by atoms with Crippen molar-refractivity contribution in [3.05, 3.63) is 29.0 Å². The lowest BCUT2D eigenvalue weighted by molar-refractivity contribution is -0.118. The molecule has 16 heavy (non-hydrogen) atoms. The number of alkyl halides is 1. The molecule has 0 bridgehead atoms. The molecule has 1 aromatic carbocycles. The molecule has 2 N–H and O–H groups in total. The van der Waals surface area contributed by atoms with Gasteiger partial charge in [0.25, 0.3) is 0 Å². The third-order valence-electron chi connectivity index (χ3n) is 2.24. The number of carbonyl (C=O) groups is 1. The van der Waals surface area contributed by atoms with Crippen LogP contribution in [0.15, 0.2) is 18.2 Å². The number of aromatic nitrogens is 2. The van der Waals surface area contributed by atoms with Crippen LogP contribution >= 0.6 is 23.2 Å². The second kappa shape index (κ2) is 4.31. The van der Waals surface area contributed by atoms with E-state index in [-0.39, 0.29) is 12.4 Å². The van der Waals surface area contributed by atoms with Crippen LogP contribution in [0.25, 0.3) is 11.0 Å². The number of halogens is 2. The van der Waals surface area contributed by atoms with Crippen LogP contribution in [0.5, 0.6) is 0 Å². The Kier molecular flexibility index (Phi) is 3.03. The van der Waals surface area contributed by atoms with Crippen molar-refractivity contribution in [2.24, 2.45) is 5.73 Å². The lowest BCUT2D eigenvalue weighted by Crippen LogP contribution is -2.19. The molecular weight excluding hydrogens is 249 g/mol. The minimum Gasteiger partial charge on any atom is -0.368 e. The Balaban J connectivity index is 2.68. The number of amides is 1. The van der Waals surface area contributed by atoms with E-state index in [0.717, 1.165) is 5.52 Å². The van der Waals surface area contributed by atoms with Crippen molar-refractivity contribution in [3.8, 4) is 0 Å². The first-order valence-corrected chi connectivity index (χ1v) is 5.52. The summed E-state index contributed by atoms with van der Waals surface area (Å²) in [5.74, 6) is 0.354. The molecule has 1 heterocycles. The Morgan fingerprint density at radius 2 is 2.25 bits per heavy atom. The zero-order valence-electron chi connectivity index (χ0n) is 8.28. The van der Waals surface area contributed by atoms with Gasteiger partial charge in [0.05, 0.1) is 16.4 Å². The lowest BCUT2D eigenvalue weighted by atomic mass is 10.3. The maximum absolute atomic E-state index is 11.0. The van der Waals surface area contributed by atoms with Crippen molar-refractivity contribution in [1.82, 2.24) is 9.55 Å². The number of nitrogens with zero attached hydrogens (tertiary/aromatic N) is 2. The molecule has 0 unspecified atom stereocenters. The van der Waals surface area contributed by atoms with Crippen LogP contribution in [0, 0.1) is 0 Å². The Labute approximate surface area is 102 Å². The van der Waals surface area contributed by atoms with Crippen LogP contribution in [0.3, 0.4) is 0 Å². The highest BCUT2D eigenvalue weighted by atomic mass is 35.5. The molecule has 1 amide bonds. The van der Waals surface area contributed by atoms with Gasteiger partial charge in [0.2, 0.25) is 5.91 Å². The number of para-hydroxylation sites is 1. The molecule has 2 rings (SSSR count). The molecule has 0 aliphatic heterocycles. The summed E-state index contributed by atoms with van der Waals surface area (Å²) in [7, 11) is 0. The van der Waals surface area contributed by atoms with Gasteiger partial charge in [0, 0.05) is 0 Å². The number of hydrogen-bond acceptors (Lipinski definition) is 2. The number of imidazole rings is 1. The topological polar surface area (TPSA) is 60.9 Å². The molecule has 1 aromatic heterocycles. The van der Waals surface area contributed by atoms with E-state index in [1.54, 1.807) is 16.7 Å². The monoisotopic (exact) mass is 257 g/mol. The van der Waals surface area contributed by atoms with Crippen molar-refractivity contribution in [3.63, 3.8) is 0 Å². The van der Waals surface area contributed by atoms with E-state index in [4.69, 9.17) is 28.9 Å². The molecule has 0 saturated heterocycles. The van der Waals surface area contributed by atoms with Gasteiger partial charge in [-0.3, -0.25) is 4.79 Å². The largest absolute Gasteiger partial charge is 0.368 e. The Hall–Kier alpha value is -1.26. The predicted molar refractivity (Wildman–Crippen MR) is 63.5 cm³/mol. The minimum atomic E-state index is -0.439. The number of rotatable bonds is 3. The predicted octanol–water partition coefficient (Wildman–Crippen LogP) is 1.91. The summed E-state index contributed by atoms with van der Waals surface area (Å²) in [6.07, 6.45) is 0. The van der Waals surface area contributed by atoms with Crippen LogP contribution in [0.2, 0.25) is 5.02 Å². The summed E-state index contributed by atoms with van der Waals surface area (Å²) in [5.41, 5.74) is 6.58. The summed E-state index contributed by atoms with van der Waals surface area (Å²) >= 11 is 11.8. The zero-order chi connectivity index (χ0) is 11.7. The van der Waals surface area contributed by atoms with Gasteiger partial charge in [-0.1, -0.05) is 17.7 Å². The molecule has 0 aliphatic carbocycles. The lowest BCUT2D eigenvalue weighted by Gasteiger charge is -2.03. The summed E-state index contributed by atoms with van der Waals surface area (Å²) in [5, 5.41) is 0.534. The number of fused-ring (bicyclic) bond motifs is 1. The molecular formula is C10H9Cl2N3O. The van der Waals surface area contributed by atoms with Crippen LogP contribution in [-0.4, -0.2) is 15.5 Å². The highest BCUT2D eigenvalue weighted by Gasteiger charge is 2.13. The molecule has 2 aromatic rings. The number of primary amides is 1. The number of nitrogens with two attached hydrogens (primary N) is 1. The van der Waals surface area contributed by atoms with Gasteiger partial charge in [-0.05, 0) is 12.1 Å².